The number of nitrogens with one attached hydrogen (secondary N) is 1. The largest absolute Gasteiger partial charge is 0.341 e. The van der Waals surface area contributed by atoms with Crippen molar-refractivity contribution in [1.82, 2.24) is 14.9 Å². The van der Waals surface area contributed by atoms with Gasteiger partial charge in [-0.05, 0) is 42.5 Å². The van der Waals surface area contributed by atoms with E-state index in [4.69, 9.17) is 0 Å². The molecule has 8 heteroatoms. The molecule has 1 amide bonds. The molecule has 0 saturated carbocycles. The van der Waals surface area contributed by atoms with E-state index in [1.165, 1.54) is 34.3 Å². The molecule has 2 aromatic heterocycles. The first-order chi connectivity index (χ1) is 13.5. The molecule has 146 valence electrons. The molecule has 0 aliphatic heterocycles. The Balaban J connectivity index is 1.35. The van der Waals surface area contributed by atoms with E-state index in [2.05, 4.69) is 9.97 Å². The summed E-state index contributed by atoms with van der Waals surface area (Å²) in [5.41, 5.74) is 1.98. The van der Waals surface area contributed by atoms with Gasteiger partial charge in [-0.2, -0.15) is 0 Å². The fourth-order valence-corrected chi connectivity index (χ4v) is 5.52. The van der Waals surface area contributed by atoms with Gasteiger partial charge in [-0.3, -0.25) is 9.59 Å². The van der Waals surface area contributed by atoms with Crippen molar-refractivity contribution in [3.8, 4) is 0 Å². The first-order valence-electron chi connectivity index (χ1n) is 9.11. The Bertz CT molecular complexity index is 1080. The summed E-state index contributed by atoms with van der Waals surface area (Å²) >= 11 is 3.04. The zero-order valence-electron chi connectivity index (χ0n) is 15.5. The second kappa shape index (κ2) is 8.05. The predicted molar refractivity (Wildman–Crippen MR) is 111 cm³/mol. The summed E-state index contributed by atoms with van der Waals surface area (Å²) in [7, 11) is 1.73. The molecule has 28 heavy (non-hydrogen) atoms. The monoisotopic (exact) mass is 417 g/mol. The predicted octanol–water partition coefficient (Wildman–Crippen LogP) is 3.50. The van der Waals surface area contributed by atoms with Crippen LogP contribution in [0.5, 0.6) is 0 Å². The van der Waals surface area contributed by atoms with Crippen LogP contribution in [-0.2, 0) is 29.9 Å². The number of rotatable bonds is 6. The number of aromatic nitrogens is 2. The summed E-state index contributed by atoms with van der Waals surface area (Å²) in [6.45, 7) is 0.432. The van der Waals surface area contributed by atoms with E-state index >= 15 is 0 Å². The Labute approximate surface area is 170 Å². The smallest absolute Gasteiger partial charge is 0.259 e. The topological polar surface area (TPSA) is 66.1 Å². The van der Waals surface area contributed by atoms with Gasteiger partial charge in [0.1, 0.15) is 16.5 Å². The van der Waals surface area contributed by atoms with Crippen LogP contribution in [0.2, 0.25) is 0 Å². The third-order valence-corrected chi connectivity index (χ3v) is 6.96. The maximum absolute atomic E-state index is 13.0. The molecule has 4 rings (SSSR count). The second-order valence-electron chi connectivity index (χ2n) is 6.92. The van der Waals surface area contributed by atoms with Gasteiger partial charge in [-0.25, -0.2) is 9.37 Å². The van der Waals surface area contributed by atoms with Gasteiger partial charge < -0.3 is 9.88 Å². The van der Waals surface area contributed by atoms with E-state index in [0.29, 0.717) is 23.9 Å². The van der Waals surface area contributed by atoms with Gasteiger partial charge in [0.15, 0.2) is 0 Å². The van der Waals surface area contributed by atoms with Crippen LogP contribution in [0.15, 0.2) is 29.1 Å². The van der Waals surface area contributed by atoms with Crippen LogP contribution >= 0.6 is 23.1 Å². The number of fused-ring (bicyclic) bond motifs is 3. The molecule has 0 saturated heterocycles. The third-order valence-electron chi connectivity index (χ3n) is 4.85. The van der Waals surface area contributed by atoms with Crippen molar-refractivity contribution < 1.29 is 9.18 Å². The molecular formula is C20H20FN3O2S2. The first-order valence-corrected chi connectivity index (χ1v) is 11.1. The molecule has 1 aliphatic rings. The minimum Gasteiger partial charge on any atom is -0.341 e. The Kier molecular flexibility index (Phi) is 5.50. The van der Waals surface area contributed by atoms with E-state index in [-0.39, 0.29) is 17.3 Å². The molecule has 0 bridgehead atoms. The van der Waals surface area contributed by atoms with Crippen LogP contribution in [0.3, 0.4) is 0 Å². The molecule has 1 aliphatic carbocycles. The van der Waals surface area contributed by atoms with E-state index in [1.54, 1.807) is 35.4 Å². The fraction of sp³-hybridized carbons (Fsp3) is 0.350. The quantitative estimate of drug-likeness (QED) is 0.667. The SMILES string of the molecule is CN(Cc1ccc(F)cc1)C(=O)CSCc1nc2sc3c(c2c(=O)[nH]1)CCC3. The van der Waals surface area contributed by atoms with Gasteiger partial charge in [-0.15, -0.1) is 23.1 Å². The number of aromatic amines is 1. The van der Waals surface area contributed by atoms with Crippen LogP contribution in [0.25, 0.3) is 10.2 Å². The average molecular weight is 418 g/mol. The van der Waals surface area contributed by atoms with E-state index in [0.717, 1.165) is 35.0 Å². The van der Waals surface area contributed by atoms with Crippen LogP contribution in [0, 0.1) is 5.82 Å². The number of carbonyl (C=O) groups excluding carboxylic acids is 1. The summed E-state index contributed by atoms with van der Waals surface area (Å²) in [4.78, 5) is 36.0. The molecule has 1 N–H and O–H groups in total. The number of nitrogens with zero attached hydrogens (tertiary/aromatic N) is 2. The van der Waals surface area contributed by atoms with Crippen molar-refractivity contribution in [3.05, 3.63) is 62.3 Å². The highest BCUT2D eigenvalue weighted by molar-refractivity contribution is 7.99. The minimum atomic E-state index is -0.289. The standard InChI is InChI=1S/C20H20FN3O2S2/c1-24(9-12-5-7-13(21)8-6-12)17(25)11-27-10-16-22-19(26)18-14-3-2-4-15(14)28-20(18)23-16/h5-8H,2-4,9-11H2,1H3,(H,22,23,26). The number of thioether (sulfide) groups is 1. The van der Waals surface area contributed by atoms with Gasteiger partial charge in [0.25, 0.3) is 5.56 Å². The van der Waals surface area contributed by atoms with Crippen molar-refractivity contribution >= 4 is 39.2 Å². The minimum absolute atomic E-state index is 0.0205. The summed E-state index contributed by atoms with van der Waals surface area (Å²) < 4.78 is 13.0. The number of thiophene rings is 1. The summed E-state index contributed by atoms with van der Waals surface area (Å²) in [6.07, 6.45) is 3.11. The molecule has 0 atom stereocenters. The molecule has 2 heterocycles. The lowest BCUT2D eigenvalue weighted by atomic mass is 10.2. The third kappa shape index (κ3) is 3.98. The maximum Gasteiger partial charge on any atom is 0.259 e. The van der Waals surface area contributed by atoms with Crippen molar-refractivity contribution in [2.45, 2.75) is 31.6 Å². The van der Waals surface area contributed by atoms with Gasteiger partial charge in [-0.1, -0.05) is 12.1 Å². The van der Waals surface area contributed by atoms with E-state index < -0.39 is 0 Å². The molecule has 0 fully saturated rings. The lowest BCUT2D eigenvalue weighted by molar-refractivity contribution is -0.127. The van der Waals surface area contributed by atoms with Crippen molar-refractivity contribution in [2.24, 2.45) is 0 Å². The highest BCUT2D eigenvalue weighted by atomic mass is 32.2. The number of aryl methyl sites for hydroxylation is 2. The molecule has 0 radical (unpaired) electrons. The Morgan fingerprint density at radius 2 is 2.11 bits per heavy atom. The van der Waals surface area contributed by atoms with Gasteiger partial charge >= 0.3 is 0 Å². The number of benzene rings is 1. The summed E-state index contributed by atoms with van der Waals surface area (Å²) in [6, 6.07) is 6.13. The molecular weight excluding hydrogens is 397 g/mol. The molecule has 1 aromatic carbocycles. The normalized spacial score (nSPS) is 13.1. The van der Waals surface area contributed by atoms with Crippen LogP contribution in [0.4, 0.5) is 4.39 Å². The van der Waals surface area contributed by atoms with Gasteiger partial charge in [0.2, 0.25) is 5.91 Å². The van der Waals surface area contributed by atoms with Crippen LogP contribution < -0.4 is 5.56 Å². The number of carbonyl (C=O) groups is 1. The number of hydrogen-bond acceptors (Lipinski definition) is 5. The van der Waals surface area contributed by atoms with Gasteiger partial charge in [0.05, 0.1) is 16.9 Å². The molecule has 5 nitrogen and oxygen atoms in total. The van der Waals surface area contributed by atoms with E-state index in [9.17, 15) is 14.0 Å². The van der Waals surface area contributed by atoms with Crippen molar-refractivity contribution in [2.75, 3.05) is 12.8 Å². The van der Waals surface area contributed by atoms with Crippen LogP contribution in [0.1, 0.15) is 28.2 Å². The number of H-pyrrole nitrogens is 1. The zero-order chi connectivity index (χ0) is 19.7. The molecule has 3 aromatic rings. The highest BCUT2D eigenvalue weighted by Crippen LogP contribution is 2.34. The molecule has 0 spiro atoms. The number of halogens is 1. The van der Waals surface area contributed by atoms with E-state index in [1.807, 2.05) is 0 Å². The lowest BCUT2D eigenvalue weighted by Gasteiger charge is -2.17. The van der Waals surface area contributed by atoms with Crippen molar-refractivity contribution in [1.29, 1.82) is 0 Å². The fourth-order valence-electron chi connectivity index (χ4n) is 3.41. The Hall–Kier alpha value is -2.19. The van der Waals surface area contributed by atoms with Crippen LogP contribution in [-0.4, -0.2) is 33.6 Å². The molecule has 0 unspecified atom stereocenters. The second-order valence-corrected chi connectivity index (χ2v) is 8.99. The lowest BCUT2D eigenvalue weighted by Crippen LogP contribution is -2.27. The highest BCUT2D eigenvalue weighted by Gasteiger charge is 2.21. The summed E-state index contributed by atoms with van der Waals surface area (Å²) in [5.74, 6) is 1.07. The maximum atomic E-state index is 13.0. The average Bonchev–Trinajstić information content (AvgIpc) is 3.24. The van der Waals surface area contributed by atoms with Crippen molar-refractivity contribution in [3.63, 3.8) is 0 Å². The Morgan fingerprint density at radius 3 is 2.89 bits per heavy atom. The number of amides is 1. The Morgan fingerprint density at radius 1 is 1.32 bits per heavy atom. The summed E-state index contributed by atoms with van der Waals surface area (Å²) in [5, 5.41) is 0.751. The van der Waals surface area contributed by atoms with Gasteiger partial charge in [0, 0.05) is 18.5 Å². The number of hydrogen-bond donors (Lipinski definition) is 1. The zero-order valence-corrected chi connectivity index (χ0v) is 17.1. The first kappa shape index (κ1) is 19.1.